The zero-order valence-electron chi connectivity index (χ0n) is 3.83. The van der Waals surface area contributed by atoms with E-state index in [1.165, 1.54) is 0 Å². The summed E-state index contributed by atoms with van der Waals surface area (Å²) in [6, 6.07) is 0. The van der Waals surface area contributed by atoms with Gasteiger partial charge < -0.3 is 0 Å². The van der Waals surface area contributed by atoms with Gasteiger partial charge in [0.1, 0.15) is 0 Å². The summed E-state index contributed by atoms with van der Waals surface area (Å²) in [5, 5.41) is 0. The van der Waals surface area contributed by atoms with Crippen molar-refractivity contribution in [3.05, 3.63) is 18.2 Å². The van der Waals surface area contributed by atoms with Crippen LogP contribution < -0.4 is 0 Å². The third-order valence-electron chi connectivity index (χ3n) is 0.407. The van der Waals surface area contributed by atoms with Gasteiger partial charge in [0.15, 0.2) is 0 Å². The predicted octanol–water partition coefficient (Wildman–Crippen LogP) is 0.519. The zero-order valence-corrected chi connectivity index (χ0v) is 4.65. The van der Waals surface area contributed by atoms with Crippen LogP contribution in [0.5, 0.6) is 0 Å². The molecule has 0 amide bonds. The number of hydrogen-bond acceptors (Lipinski definition) is 2. The lowest BCUT2D eigenvalue weighted by Gasteiger charge is -1.90. The van der Waals surface area contributed by atoms with Crippen LogP contribution in [-0.4, -0.2) is 13.0 Å². The van der Waals surface area contributed by atoms with Crippen molar-refractivity contribution in [1.82, 2.24) is 0 Å². The minimum absolute atomic E-state index is 0.412. The highest BCUT2D eigenvalue weighted by Crippen LogP contribution is 2.09. The van der Waals surface area contributed by atoms with Crippen LogP contribution >= 0.6 is 0 Å². The van der Waals surface area contributed by atoms with E-state index in [0.29, 0.717) is 6.08 Å². The molecule has 0 aliphatic rings. The van der Waals surface area contributed by atoms with E-state index in [9.17, 15) is 12.8 Å². The quantitative estimate of drug-likeness (QED) is 0.567. The van der Waals surface area contributed by atoms with Gasteiger partial charge in [-0.3, -0.25) is 4.55 Å². The van der Waals surface area contributed by atoms with E-state index >= 15 is 0 Å². The van der Waals surface area contributed by atoms with E-state index in [-0.39, 0.29) is 0 Å². The van der Waals surface area contributed by atoms with Crippen LogP contribution in [0.4, 0.5) is 4.39 Å². The van der Waals surface area contributed by atoms with Crippen molar-refractivity contribution < 1.29 is 17.4 Å². The van der Waals surface area contributed by atoms with Gasteiger partial charge in [0, 0.05) is 0 Å². The first kappa shape index (κ1) is 7.58. The highest BCUT2D eigenvalue weighted by atomic mass is 32.2. The van der Waals surface area contributed by atoms with E-state index in [1.807, 2.05) is 0 Å². The van der Waals surface area contributed by atoms with Crippen molar-refractivity contribution in [1.29, 1.82) is 0 Å². The molecule has 0 unspecified atom stereocenters. The van der Waals surface area contributed by atoms with Crippen molar-refractivity contribution in [2.45, 2.75) is 0 Å². The second-order valence-corrected chi connectivity index (χ2v) is 2.32. The van der Waals surface area contributed by atoms with Crippen LogP contribution in [0.1, 0.15) is 0 Å². The zero-order chi connectivity index (χ0) is 6.78. The topological polar surface area (TPSA) is 54.4 Å². The molecule has 0 aliphatic heterocycles. The second-order valence-electron chi connectivity index (χ2n) is 0.983. The van der Waals surface area contributed by atoms with Gasteiger partial charge in [0.2, 0.25) is 0 Å². The number of rotatable bonds is 2. The molecule has 47 valence electrons. The molecule has 0 fully saturated rings. The largest absolute Gasteiger partial charge is 0.309 e. The lowest BCUT2D eigenvalue weighted by atomic mass is 10.7. The SMILES string of the molecule is C=C[C](F)S(=O)(=O)O. The van der Waals surface area contributed by atoms with Crippen molar-refractivity contribution in [2.24, 2.45) is 0 Å². The Morgan fingerprint density at radius 2 is 2.12 bits per heavy atom. The number of hydrogen-bond donors (Lipinski definition) is 1. The molecule has 0 aromatic carbocycles. The van der Waals surface area contributed by atoms with Gasteiger partial charge in [0.25, 0.3) is 0 Å². The van der Waals surface area contributed by atoms with Gasteiger partial charge >= 0.3 is 15.6 Å². The molecule has 0 spiro atoms. The summed E-state index contributed by atoms with van der Waals surface area (Å²) in [6.07, 6.45) is 0.412. The molecular weight excluding hydrogens is 135 g/mol. The fraction of sp³-hybridized carbons (Fsp3) is 0. The summed E-state index contributed by atoms with van der Waals surface area (Å²) in [7, 11) is -4.62. The van der Waals surface area contributed by atoms with Crippen molar-refractivity contribution in [2.75, 3.05) is 0 Å². The maximum absolute atomic E-state index is 11.6. The van der Waals surface area contributed by atoms with Crippen LogP contribution in [0.2, 0.25) is 0 Å². The van der Waals surface area contributed by atoms with E-state index in [2.05, 4.69) is 6.58 Å². The van der Waals surface area contributed by atoms with Gasteiger partial charge in [-0.15, -0.1) is 0 Å². The van der Waals surface area contributed by atoms with Gasteiger partial charge in [-0.2, -0.15) is 8.42 Å². The summed E-state index contributed by atoms with van der Waals surface area (Å²) in [4.78, 5) is 0. The average molecular weight is 139 g/mol. The van der Waals surface area contributed by atoms with Crippen molar-refractivity contribution in [3.8, 4) is 0 Å². The van der Waals surface area contributed by atoms with Crippen molar-refractivity contribution >= 4 is 10.1 Å². The van der Waals surface area contributed by atoms with Crippen LogP contribution in [-0.2, 0) is 10.1 Å². The summed E-state index contributed by atoms with van der Waals surface area (Å²) in [5.41, 5.74) is -1.63. The molecule has 5 heteroatoms. The Labute approximate surface area is 46.6 Å². The molecule has 1 N–H and O–H groups in total. The van der Waals surface area contributed by atoms with Crippen LogP contribution in [0.15, 0.2) is 12.7 Å². The standard InChI is InChI=1S/C3H4FO3S/c1-2-3(4)8(5,6)7/h2H,1H2,(H,5,6,7). The lowest BCUT2D eigenvalue weighted by molar-refractivity contribution is 0.456. The second kappa shape index (κ2) is 2.23. The molecule has 0 aromatic rings. The Morgan fingerprint density at radius 3 is 2.12 bits per heavy atom. The smallest absolute Gasteiger partial charge is 0.283 e. The van der Waals surface area contributed by atoms with Gasteiger partial charge in [-0.25, -0.2) is 4.39 Å². The lowest BCUT2D eigenvalue weighted by Crippen LogP contribution is -2.02. The van der Waals surface area contributed by atoms with Gasteiger partial charge in [-0.1, -0.05) is 6.58 Å². The molecule has 1 radical (unpaired) electrons. The predicted molar refractivity (Wildman–Crippen MR) is 26.1 cm³/mol. The maximum atomic E-state index is 11.6. The van der Waals surface area contributed by atoms with Gasteiger partial charge in [-0.05, 0) is 6.08 Å². The summed E-state index contributed by atoms with van der Waals surface area (Å²) in [6.45, 7) is 2.78. The summed E-state index contributed by atoms with van der Waals surface area (Å²) < 4.78 is 38.6. The molecule has 0 saturated heterocycles. The molecule has 3 nitrogen and oxygen atoms in total. The summed E-state index contributed by atoms with van der Waals surface area (Å²) >= 11 is 0. The molecule has 0 bridgehead atoms. The molecular formula is C3H4FO3S. The molecule has 0 atom stereocenters. The number of halogens is 1. The first-order chi connectivity index (χ1) is 3.48. The first-order valence-corrected chi connectivity index (χ1v) is 3.05. The normalized spacial score (nSPS) is 11.9. The molecule has 0 saturated carbocycles. The Kier molecular flexibility index (Phi) is 2.12. The average Bonchev–Trinajstić information content (AvgIpc) is 1.62. The van der Waals surface area contributed by atoms with Crippen LogP contribution in [0, 0.1) is 5.50 Å². The first-order valence-electron chi connectivity index (χ1n) is 1.61. The summed E-state index contributed by atoms with van der Waals surface area (Å²) in [5.74, 6) is 0. The molecule has 0 rings (SSSR count). The van der Waals surface area contributed by atoms with E-state index < -0.39 is 15.6 Å². The fourth-order valence-electron chi connectivity index (χ4n) is 0.105. The van der Waals surface area contributed by atoms with Gasteiger partial charge in [0.05, 0.1) is 0 Å². The molecule has 8 heavy (non-hydrogen) atoms. The third kappa shape index (κ3) is 2.04. The van der Waals surface area contributed by atoms with E-state index in [4.69, 9.17) is 4.55 Å². The Hall–Kier alpha value is -0.420. The van der Waals surface area contributed by atoms with Crippen molar-refractivity contribution in [3.63, 3.8) is 0 Å². The maximum Gasteiger partial charge on any atom is 0.309 e. The van der Waals surface area contributed by atoms with Crippen LogP contribution in [0.3, 0.4) is 0 Å². The third-order valence-corrected chi connectivity index (χ3v) is 1.07. The minimum atomic E-state index is -4.62. The molecule has 0 aliphatic carbocycles. The molecule has 0 aromatic heterocycles. The minimum Gasteiger partial charge on any atom is -0.283 e. The highest BCUT2D eigenvalue weighted by molar-refractivity contribution is 7.88. The Bertz CT molecular complexity index is 171. The fourth-order valence-corrected chi connectivity index (χ4v) is 0.316. The van der Waals surface area contributed by atoms with E-state index in [1.54, 1.807) is 0 Å². The van der Waals surface area contributed by atoms with E-state index in [0.717, 1.165) is 0 Å². The Balaban J connectivity index is 4.26. The monoisotopic (exact) mass is 139 g/mol. The molecule has 0 heterocycles. The van der Waals surface area contributed by atoms with Crippen LogP contribution in [0.25, 0.3) is 0 Å². The highest BCUT2D eigenvalue weighted by Gasteiger charge is 2.18. The Morgan fingerprint density at radius 1 is 1.75 bits per heavy atom.